The Kier molecular flexibility index (Phi) is 5.17. The third-order valence-corrected chi connectivity index (χ3v) is 7.07. The van der Waals surface area contributed by atoms with Crippen LogP contribution in [0.25, 0.3) is 11.4 Å². The minimum atomic E-state index is -3.74. The zero-order valence-electron chi connectivity index (χ0n) is 17.1. The predicted molar refractivity (Wildman–Crippen MR) is 114 cm³/mol. The molecule has 0 amide bonds. The second-order valence-electron chi connectivity index (χ2n) is 7.78. The van der Waals surface area contributed by atoms with Gasteiger partial charge >= 0.3 is 0 Å². The summed E-state index contributed by atoms with van der Waals surface area (Å²) in [7, 11) is -3.74. The van der Waals surface area contributed by atoms with Gasteiger partial charge in [-0.2, -0.15) is 0 Å². The maximum atomic E-state index is 13.3. The Bertz CT molecular complexity index is 1140. The summed E-state index contributed by atoms with van der Waals surface area (Å²) < 4.78 is 31.5. The van der Waals surface area contributed by atoms with Gasteiger partial charge in [-0.15, -0.1) is 10.2 Å². The van der Waals surface area contributed by atoms with Gasteiger partial charge in [0.25, 0.3) is 10.0 Å². The average molecular weight is 411 g/mol. The molecule has 2 heterocycles. The molecule has 1 aliphatic heterocycles. The Hall–Kier alpha value is -2.67. The van der Waals surface area contributed by atoms with Crippen molar-refractivity contribution in [1.82, 2.24) is 14.8 Å². The Balaban J connectivity index is 1.77. The Morgan fingerprint density at radius 2 is 1.69 bits per heavy atom. The third kappa shape index (κ3) is 3.79. The highest BCUT2D eigenvalue weighted by Gasteiger charge is 2.23. The first-order valence-corrected chi connectivity index (χ1v) is 11.5. The number of aromatic nitrogens is 3. The molecule has 0 saturated heterocycles. The molecule has 1 N–H and O–H groups in total. The summed E-state index contributed by atoms with van der Waals surface area (Å²) >= 11 is 0. The molecule has 1 aliphatic rings. The molecular weight excluding hydrogens is 384 g/mol. The second kappa shape index (κ2) is 7.63. The molecule has 2 aromatic carbocycles. The van der Waals surface area contributed by atoms with Crippen LogP contribution in [0.3, 0.4) is 0 Å². The van der Waals surface area contributed by atoms with E-state index in [0.29, 0.717) is 10.6 Å². The highest BCUT2D eigenvalue weighted by Crippen LogP contribution is 2.31. The smallest absolute Gasteiger partial charge is 0.262 e. The number of hydrogen-bond donors (Lipinski definition) is 1. The SMILES string of the molecule is Cc1cc(C)c(S(=O)(=O)Nc2ccccc2-c2nnc3n2CCCCC3)c(C)c1. The van der Waals surface area contributed by atoms with Crippen molar-refractivity contribution in [3.8, 4) is 11.4 Å². The van der Waals surface area contributed by atoms with Crippen molar-refractivity contribution < 1.29 is 8.42 Å². The molecular formula is C22H26N4O2S. The number of benzene rings is 2. The molecule has 0 unspecified atom stereocenters. The van der Waals surface area contributed by atoms with E-state index in [1.807, 2.05) is 51.1 Å². The van der Waals surface area contributed by atoms with Crippen LogP contribution in [-0.4, -0.2) is 23.2 Å². The Morgan fingerprint density at radius 1 is 0.966 bits per heavy atom. The summed E-state index contributed by atoms with van der Waals surface area (Å²) in [5.41, 5.74) is 3.80. The lowest BCUT2D eigenvalue weighted by Crippen LogP contribution is -2.17. The fraction of sp³-hybridized carbons (Fsp3) is 0.364. The normalized spacial score (nSPS) is 14.3. The second-order valence-corrected chi connectivity index (χ2v) is 9.40. The first-order valence-electron chi connectivity index (χ1n) is 9.99. The fourth-order valence-electron chi connectivity index (χ4n) is 4.24. The predicted octanol–water partition coefficient (Wildman–Crippen LogP) is 4.40. The molecule has 4 rings (SSSR count). The number of fused-ring (bicyclic) bond motifs is 1. The van der Waals surface area contributed by atoms with Gasteiger partial charge in [-0.3, -0.25) is 4.72 Å². The topological polar surface area (TPSA) is 76.9 Å². The number of anilines is 1. The van der Waals surface area contributed by atoms with Gasteiger partial charge in [-0.05, 0) is 56.9 Å². The molecule has 0 aliphatic carbocycles. The van der Waals surface area contributed by atoms with Crippen molar-refractivity contribution in [1.29, 1.82) is 0 Å². The van der Waals surface area contributed by atoms with Crippen molar-refractivity contribution in [3.63, 3.8) is 0 Å². The van der Waals surface area contributed by atoms with E-state index in [2.05, 4.69) is 19.5 Å². The zero-order valence-corrected chi connectivity index (χ0v) is 17.9. The molecule has 7 heteroatoms. The first kappa shape index (κ1) is 19.6. The summed E-state index contributed by atoms with van der Waals surface area (Å²) in [6, 6.07) is 11.2. The van der Waals surface area contributed by atoms with Gasteiger partial charge in [-0.25, -0.2) is 8.42 Å². The molecule has 152 valence electrons. The number of hydrogen-bond acceptors (Lipinski definition) is 4. The molecule has 29 heavy (non-hydrogen) atoms. The molecule has 0 atom stereocenters. The quantitative estimate of drug-likeness (QED) is 0.692. The zero-order chi connectivity index (χ0) is 20.6. The van der Waals surface area contributed by atoms with Crippen LogP contribution in [0.5, 0.6) is 0 Å². The summed E-state index contributed by atoms with van der Waals surface area (Å²) in [4.78, 5) is 0.331. The fourth-order valence-corrected chi connectivity index (χ4v) is 5.77. The summed E-state index contributed by atoms with van der Waals surface area (Å²) in [6.45, 7) is 6.49. The molecule has 0 saturated carbocycles. The van der Waals surface area contributed by atoms with Crippen molar-refractivity contribution >= 4 is 15.7 Å². The maximum absolute atomic E-state index is 13.3. The maximum Gasteiger partial charge on any atom is 0.262 e. The number of sulfonamides is 1. The van der Waals surface area contributed by atoms with E-state index in [1.54, 1.807) is 6.07 Å². The lowest BCUT2D eigenvalue weighted by Gasteiger charge is -2.16. The van der Waals surface area contributed by atoms with Gasteiger partial charge in [-0.1, -0.05) is 36.2 Å². The number of rotatable bonds is 4. The number of aryl methyl sites for hydroxylation is 4. The number of para-hydroxylation sites is 1. The molecule has 0 spiro atoms. The molecule has 0 fully saturated rings. The number of nitrogens with zero attached hydrogens (tertiary/aromatic N) is 3. The van der Waals surface area contributed by atoms with Crippen LogP contribution in [0, 0.1) is 20.8 Å². The average Bonchev–Trinajstić information content (AvgIpc) is 2.88. The van der Waals surface area contributed by atoms with Crippen LogP contribution in [0.1, 0.15) is 41.8 Å². The molecule has 0 radical (unpaired) electrons. The van der Waals surface area contributed by atoms with Crippen molar-refractivity contribution in [2.24, 2.45) is 0 Å². The molecule has 1 aromatic heterocycles. The van der Waals surface area contributed by atoms with Gasteiger partial charge in [0, 0.05) is 18.5 Å². The van der Waals surface area contributed by atoms with E-state index in [-0.39, 0.29) is 0 Å². The van der Waals surface area contributed by atoms with Crippen molar-refractivity contribution in [2.45, 2.75) is 57.9 Å². The van der Waals surface area contributed by atoms with Gasteiger partial charge in [0.15, 0.2) is 5.82 Å². The van der Waals surface area contributed by atoms with Crippen LogP contribution in [-0.2, 0) is 23.0 Å². The standard InChI is InChI=1S/C22H26N4O2S/c1-15-13-16(2)21(17(3)14-15)29(27,28)25-19-10-7-6-9-18(19)22-24-23-20-11-5-4-8-12-26(20)22/h6-7,9-10,13-14,25H,4-5,8,11-12H2,1-3H3. The van der Waals surface area contributed by atoms with Gasteiger partial charge < -0.3 is 4.57 Å². The van der Waals surface area contributed by atoms with Crippen molar-refractivity contribution in [3.05, 3.63) is 58.9 Å². The van der Waals surface area contributed by atoms with E-state index in [4.69, 9.17) is 0 Å². The first-order chi connectivity index (χ1) is 13.9. The van der Waals surface area contributed by atoms with Crippen LogP contribution >= 0.6 is 0 Å². The van der Waals surface area contributed by atoms with Crippen LogP contribution < -0.4 is 4.72 Å². The van der Waals surface area contributed by atoms with E-state index in [9.17, 15) is 8.42 Å². The van der Waals surface area contributed by atoms with Gasteiger partial charge in [0.05, 0.1) is 10.6 Å². The van der Waals surface area contributed by atoms with Gasteiger partial charge in [0.1, 0.15) is 5.82 Å². The van der Waals surface area contributed by atoms with E-state index >= 15 is 0 Å². The minimum absolute atomic E-state index is 0.331. The summed E-state index contributed by atoms with van der Waals surface area (Å²) in [5.74, 6) is 1.69. The minimum Gasteiger partial charge on any atom is -0.311 e. The summed E-state index contributed by atoms with van der Waals surface area (Å²) in [5, 5.41) is 8.76. The highest BCUT2D eigenvalue weighted by atomic mass is 32.2. The van der Waals surface area contributed by atoms with Crippen molar-refractivity contribution in [2.75, 3.05) is 4.72 Å². The molecule has 0 bridgehead atoms. The number of nitrogens with one attached hydrogen (secondary N) is 1. The lowest BCUT2D eigenvalue weighted by atomic mass is 10.1. The lowest BCUT2D eigenvalue weighted by molar-refractivity contribution is 0.600. The Morgan fingerprint density at radius 3 is 2.45 bits per heavy atom. The molecule has 3 aromatic rings. The molecule has 6 nitrogen and oxygen atoms in total. The summed E-state index contributed by atoms with van der Waals surface area (Å²) in [6.07, 6.45) is 4.26. The van der Waals surface area contributed by atoms with Crippen LogP contribution in [0.2, 0.25) is 0 Å². The van der Waals surface area contributed by atoms with Crippen LogP contribution in [0.4, 0.5) is 5.69 Å². The van der Waals surface area contributed by atoms with Gasteiger partial charge in [0.2, 0.25) is 0 Å². The highest BCUT2D eigenvalue weighted by molar-refractivity contribution is 7.92. The van der Waals surface area contributed by atoms with E-state index in [1.165, 1.54) is 6.42 Å². The Labute approximate surface area is 172 Å². The van der Waals surface area contributed by atoms with E-state index < -0.39 is 10.0 Å². The van der Waals surface area contributed by atoms with E-state index in [0.717, 1.165) is 59.7 Å². The van der Waals surface area contributed by atoms with Crippen LogP contribution in [0.15, 0.2) is 41.3 Å². The largest absolute Gasteiger partial charge is 0.311 e. The third-order valence-electron chi connectivity index (χ3n) is 5.40. The monoisotopic (exact) mass is 410 g/mol.